The molecule has 0 saturated heterocycles. The molecular formula is C21H21F4N2O4S+. The van der Waals surface area contributed by atoms with Gasteiger partial charge in [0.05, 0.1) is 7.11 Å². The zero-order valence-corrected chi connectivity index (χ0v) is 17.8. The predicted octanol–water partition coefficient (Wildman–Crippen LogP) is 4.24. The lowest BCUT2D eigenvalue weighted by Crippen LogP contribution is -2.54. The van der Waals surface area contributed by atoms with E-state index in [1.807, 2.05) is 0 Å². The van der Waals surface area contributed by atoms with E-state index in [0.717, 1.165) is 0 Å². The minimum Gasteiger partial charge on any atom is -0.493 e. The maximum absolute atomic E-state index is 14.1. The third kappa shape index (κ3) is 4.79. The Kier molecular flexibility index (Phi) is 6.63. The third-order valence-electron chi connectivity index (χ3n) is 4.81. The van der Waals surface area contributed by atoms with Gasteiger partial charge in [0.2, 0.25) is 5.75 Å². The molecule has 6 nitrogen and oxygen atoms in total. The summed E-state index contributed by atoms with van der Waals surface area (Å²) in [7, 11) is -3.44. The van der Waals surface area contributed by atoms with Crippen LogP contribution in [-0.4, -0.2) is 40.5 Å². The van der Waals surface area contributed by atoms with Crippen LogP contribution in [0.5, 0.6) is 17.2 Å². The molecule has 0 bridgehead atoms. The van der Waals surface area contributed by atoms with E-state index in [4.69, 9.17) is 15.2 Å². The smallest absolute Gasteiger partial charge is 0.408 e. The van der Waals surface area contributed by atoms with Crippen LogP contribution in [0.3, 0.4) is 0 Å². The molecule has 1 aliphatic heterocycles. The second-order valence-corrected chi connectivity index (χ2v) is 9.10. The summed E-state index contributed by atoms with van der Waals surface area (Å²) in [5.74, 6) is -2.59. The molecule has 32 heavy (non-hydrogen) atoms. The maximum Gasteiger partial charge on any atom is 0.408 e. The fraction of sp³-hybridized carbons (Fsp3) is 0.238. The predicted molar refractivity (Wildman–Crippen MR) is 112 cm³/mol. The zero-order valence-electron chi connectivity index (χ0n) is 17.0. The van der Waals surface area contributed by atoms with E-state index < -0.39 is 31.7 Å². The van der Waals surface area contributed by atoms with E-state index >= 15 is 0 Å². The van der Waals surface area contributed by atoms with Crippen LogP contribution in [0, 0.1) is 5.82 Å². The van der Waals surface area contributed by atoms with Crippen LogP contribution in [-0.2, 0) is 10.0 Å². The Balaban J connectivity index is 2.03. The lowest BCUT2D eigenvalue weighted by atomic mass is 10.2. The SMILES string of the molecule is COc1cccc(F)c1Oc1ccc([N+]2(S(=O)(=O)CC(F)(F)F)C=C(CN)C=CC2)cc1. The highest BCUT2D eigenvalue weighted by molar-refractivity contribution is 7.91. The Morgan fingerprint density at radius 3 is 2.41 bits per heavy atom. The minimum absolute atomic E-state index is 0.0493. The van der Waals surface area contributed by atoms with Crippen molar-refractivity contribution in [3.63, 3.8) is 0 Å². The van der Waals surface area contributed by atoms with Crippen LogP contribution >= 0.6 is 0 Å². The highest BCUT2D eigenvalue weighted by atomic mass is 32.2. The van der Waals surface area contributed by atoms with Crippen molar-refractivity contribution in [1.29, 1.82) is 0 Å². The van der Waals surface area contributed by atoms with Crippen LogP contribution in [0.25, 0.3) is 0 Å². The van der Waals surface area contributed by atoms with E-state index in [1.54, 1.807) is 6.08 Å². The van der Waals surface area contributed by atoms with Crippen molar-refractivity contribution in [2.75, 3.05) is 26.0 Å². The standard InChI is InChI=1S/C21H21F4N2O4S/c1-30-19-6-2-5-18(22)20(19)31-17-9-7-16(8-10-17)27(11-3-4-15(12-26)13-27)32(28,29)14-21(23,24)25/h2-10,13H,11-12,14,26H2,1H3/q+1. The van der Waals surface area contributed by atoms with Crippen molar-refractivity contribution >= 4 is 15.7 Å². The summed E-state index contributed by atoms with van der Waals surface area (Å²) in [6.45, 7) is -0.296. The van der Waals surface area contributed by atoms with Crippen LogP contribution in [0.1, 0.15) is 0 Å². The average Bonchev–Trinajstić information content (AvgIpc) is 2.74. The lowest BCUT2D eigenvalue weighted by Gasteiger charge is -2.34. The molecule has 0 fully saturated rings. The second kappa shape index (κ2) is 8.93. The number of hydrogen-bond acceptors (Lipinski definition) is 5. The number of para-hydroxylation sites is 1. The number of sulfonamides is 1. The largest absolute Gasteiger partial charge is 0.493 e. The molecule has 172 valence electrons. The molecule has 0 aromatic heterocycles. The van der Waals surface area contributed by atoms with Crippen LogP contribution in [0.15, 0.2) is 66.4 Å². The van der Waals surface area contributed by atoms with Crippen molar-refractivity contribution in [1.82, 2.24) is 3.89 Å². The first-order chi connectivity index (χ1) is 15.0. The van der Waals surface area contributed by atoms with E-state index in [-0.39, 0.29) is 36.0 Å². The number of nitrogens with zero attached hydrogens (tertiary/aromatic N) is 1. The summed E-state index contributed by atoms with van der Waals surface area (Å²) in [4.78, 5) is 0. The molecule has 1 aliphatic rings. The summed E-state index contributed by atoms with van der Waals surface area (Å²) in [6, 6.07) is 9.44. The van der Waals surface area contributed by atoms with Gasteiger partial charge in [0.25, 0.3) is 0 Å². The van der Waals surface area contributed by atoms with Gasteiger partial charge in [-0.05, 0) is 30.3 Å². The van der Waals surface area contributed by atoms with Crippen molar-refractivity contribution < 1.29 is 35.5 Å². The van der Waals surface area contributed by atoms with E-state index in [9.17, 15) is 26.0 Å². The number of hydrogen-bond donors (Lipinski definition) is 1. The number of halogens is 4. The fourth-order valence-electron chi connectivity index (χ4n) is 3.33. The Bertz CT molecular complexity index is 1150. The van der Waals surface area contributed by atoms with Crippen molar-refractivity contribution in [2.45, 2.75) is 6.18 Å². The molecule has 0 amide bonds. The van der Waals surface area contributed by atoms with Crippen LogP contribution < -0.4 is 19.1 Å². The van der Waals surface area contributed by atoms with Gasteiger partial charge in [-0.1, -0.05) is 12.1 Å². The Morgan fingerprint density at radius 2 is 1.81 bits per heavy atom. The first-order valence-corrected chi connectivity index (χ1v) is 11.0. The van der Waals surface area contributed by atoms with Gasteiger partial charge in [0, 0.05) is 24.3 Å². The van der Waals surface area contributed by atoms with E-state index in [1.165, 1.54) is 61.9 Å². The molecule has 3 rings (SSSR count). The number of quaternary nitrogens is 1. The molecule has 1 heterocycles. The average molecular weight is 473 g/mol. The number of methoxy groups -OCH3 is 1. The summed E-state index contributed by atoms with van der Waals surface area (Å²) in [5.41, 5.74) is 6.04. The first-order valence-electron chi connectivity index (χ1n) is 9.38. The topological polar surface area (TPSA) is 78.6 Å². The highest BCUT2D eigenvalue weighted by Crippen LogP contribution is 2.38. The molecule has 0 spiro atoms. The molecular weight excluding hydrogens is 452 g/mol. The molecule has 2 aromatic rings. The number of ether oxygens (including phenoxy) is 2. The molecule has 0 radical (unpaired) electrons. The second-order valence-electron chi connectivity index (χ2n) is 7.00. The summed E-state index contributed by atoms with van der Waals surface area (Å²) >= 11 is 0. The van der Waals surface area contributed by atoms with Gasteiger partial charge in [0.15, 0.2) is 23.0 Å². The molecule has 0 saturated carbocycles. The van der Waals surface area contributed by atoms with Crippen molar-refractivity contribution in [3.05, 3.63) is 72.2 Å². The number of nitrogens with two attached hydrogens (primary N) is 1. The van der Waals surface area contributed by atoms with Gasteiger partial charge in [-0.2, -0.15) is 25.5 Å². The summed E-state index contributed by atoms with van der Waals surface area (Å²) < 4.78 is 88.7. The molecule has 1 atom stereocenters. The monoisotopic (exact) mass is 473 g/mol. The Morgan fingerprint density at radius 1 is 1.12 bits per heavy atom. The number of rotatable bonds is 7. The number of alkyl halides is 3. The number of benzene rings is 2. The summed E-state index contributed by atoms with van der Waals surface area (Å²) in [6.07, 6.45) is -0.685. The van der Waals surface area contributed by atoms with Gasteiger partial charge >= 0.3 is 16.2 Å². The molecule has 1 unspecified atom stereocenters. The highest BCUT2D eigenvalue weighted by Gasteiger charge is 2.50. The Labute approximate surface area is 182 Å². The lowest BCUT2D eigenvalue weighted by molar-refractivity contribution is -0.106. The molecule has 2 aromatic carbocycles. The molecule has 2 N–H and O–H groups in total. The zero-order chi connectivity index (χ0) is 23.6. The maximum atomic E-state index is 14.1. The van der Waals surface area contributed by atoms with Crippen molar-refractivity contribution in [2.24, 2.45) is 5.73 Å². The fourth-order valence-corrected chi connectivity index (χ4v) is 5.03. The van der Waals surface area contributed by atoms with Crippen LogP contribution in [0.2, 0.25) is 0 Å². The van der Waals surface area contributed by atoms with E-state index in [2.05, 4.69) is 0 Å². The van der Waals surface area contributed by atoms with Gasteiger partial charge in [-0.15, -0.1) is 0 Å². The van der Waals surface area contributed by atoms with Gasteiger partial charge < -0.3 is 15.2 Å². The van der Waals surface area contributed by atoms with Crippen molar-refractivity contribution in [3.8, 4) is 17.2 Å². The third-order valence-corrected chi connectivity index (χ3v) is 6.96. The Hall–Kier alpha value is -2.89. The molecule has 0 aliphatic carbocycles. The quantitative estimate of drug-likeness (QED) is 0.481. The first kappa shape index (κ1) is 23.8. The normalized spacial score (nSPS) is 18.9. The summed E-state index contributed by atoms with van der Waals surface area (Å²) in [5, 5.41) is 0. The molecule has 11 heteroatoms. The van der Waals surface area contributed by atoms with Gasteiger partial charge in [-0.3, -0.25) is 0 Å². The van der Waals surface area contributed by atoms with Gasteiger partial charge in [-0.25, -0.2) is 4.39 Å². The van der Waals surface area contributed by atoms with Crippen LogP contribution in [0.4, 0.5) is 23.2 Å². The van der Waals surface area contributed by atoms with Gasteiger partial charge in [0.1, 0.15) is 18.5 Å². The minimum atomic E-state index is -4.92. The van der Waals surface area contributed by atoms with E-state index in [0.29, 0.717) is 5.57 Å².